The molecule has 9 nitrogen and oxygen atoms in total. The lowest BCUT2D eigenvalue weighted by Gasteiger charge is -2.24. The minimum atomic E-state index is -0.706. The first-order valence-electron chi connectivity index (χ1n) is 9.62. The minimum Gasteiger partial charge on any atom is -0.383 e. The summed E-state index contributed by atoms with van der Waals surface area (Å²) in [6.07, 6.45) is 2.07. The number of amides is 2. The molecular formula is C20H27N5O4. The topological polar surface area (TPSA) is 130 Å². The Morgan fingerprint density at radius 3 is 2.55 bits per heavy atom. The van der Waals surface area contributed by atoms with Crippen LogP contribution in [0, 0.1) is 0 Å². The van der Waals surface area contributed by atoms with Crippen molar-refractivity contribution in [3.63, 3.8) is 0 Å². The molecule has 0 saturated carbocycles. The highest BCUT2D eigenvalue weighted by Gasteiger charge is 2.25. The fourth-order valence-electron chi connectivity index (χ4n) is 3.00. The van der Waals surface area contributed by atoms with Crippen molar-refractivity contribution in [1.82, 2.24) is 9.55 Å². The van der Waals surface area contributed by atoms with Crippen LogP contribution >= 0.6 is 0 Å². The third kappa shape index (κ3) is 5.13. The van der Waals surface area contributed by atoms with Gasteiger partial charge in [0.1, 0.15) is 5.82 Å². The third-order valence-electron chi connectivity index (χ3n) is 4.34. The Kier molecular flexibility index (Phi) is 7.35. The molecule has 9 heteroatoms. The van der Waals surface area contributed by atoms with Crippen molar-refractivity contribution in [3.8, 4) is 0 Å². The second-order valence-electron chi connectivity index (χ2n) is 6.72. The van der Waals surface area contributed by atoms with Crippen LogP contribution in [0.1, 0.15) is 50.4 Å². The Balaban J connectivity index is 2.57. The normalized spacial score (nSPS) is 10.6. The molecule has 0 atom stereocenters. The Morgan fingerprint density at radius 1 is 1.21 bits per heavy atom. The predicted octanol–water partition coefficient (Wildman–Crippen LogP) is 1.93. The van der Waals surface area contributed by atoms with E-state index in [1.807, 2.05) is 13.8 Å². The summed E-state index contributed by atoms with van der Waals surface area (Å²) in [6.45, 7) is 5.80. The molecule has 0 aliphatic carbocycles. The molecule has 2 aromatic rings. The zero-order valence-electron chi connectivity index (χ0n) is 16.9. The van der Waals surface area contributed by atoms with Crippen LogP contribution in [0.15, 0.2) is 33.9 Å². The lowest BCUT2D eigenvalue weighted by molar-refractivity contribution is -0.114. The molecule has 29 heavy (non-hydrogen) atoms. The van der Waals surface area contributed by atoms with Gasteiger partial charge in [0.2, 0.25) is 5.91 Å². The van der Waals surface area contributed by atoms with Gasteiger partial charge in [-0.2, -0.15) is 0 Å². The van der Waals surface area contributed by atoms with Gasteiger partial charge in [0, 0.05) is 31.3 Å². The number of aromatic amines is 1. The lowest BCUT2D eigenvalue weighted by atomic mass is 10.1. The summed E-state index contributed by atoms with van der Waals surface area (Å²) in [5.41, 5.74) is 5.56. The highest BCUT2D eigenvalue weighted by molar-refractivity contribution is 6.08. The molecule has 0 saturated heterocycles. The molecule has 156 valence electrons. The molecule has 4 N–H and O–H groups in total. The van der Waals surface area contributed by atoms with Crippen molar-refractivity contribution in [2.45, 2.75) is 46.6 Å². The molecule has 0 aliphatic rings. The first-order valence-corrected chi connectivity index (χ1v) is 9.62. The van der Waals surface area contributed by atoms with Gasteiger partial charge < -0.3 is 16.0 Å². The average Bonchev–Trinajstić information content (AvgIpc) is 2.66. The third-order valence-corrected chi connectivity index (χ3v) is 4.34. The average molecular weight is 401 g/mol. The summed E-state index contributed by atoms with van der Waals surface area (Å²) in [4.78, 5) is 52.8. The van der Waals surface area contributed by atoms with Crippen LogP contribution in [-0.4, -0.2) is 27.9 Å². The molecule has 0 unspecified atom stereocenters. The number of hydrogen-bond donors (Lipinski definition) is 3. The Morgan fingerprint density at radius 2 is 1.93 bits per heavy atom. The molecule has 1 aromatic carbocycles. The van der Waals surface area contributed by atoms with Crippen LogP contribution in [0.3, 0.4) is 0 Å². The largest absolute Gasteiger partial charge is 0.383 e. The number of anilines is 3. The number of carbonyl (C=O) groups is 2. The molecule has 1 heterocycles. The van der Waals surface area contributed by atoms with E-state index in [0.717, 1.165) is 6.42 Å². The highest BCUT2D eigenvalue weighted by Crippen LogP contribution is 2.21. The maximum Gasteiger partial charge on any atom is 0.330 e. The fraction of sp³-hybridized carbons (Fsp3) is 0.400. The summed E-state index contributed by atoms with van der Waals surface area (Å²) >= 11 is 0. The van der Waals surface area contributed by atoms with Crippen LogP contribution in [0.5, 0.6) is 0 Å². The number of nitrogen functional groups attached to an aromatic ring is 1. The molecular weight excluding hydrogens is 374 g/mol. The molecule has 0 radical (unpaired) electrons. The van der Waals surface area contributed by atoms with Crippen molar-refractivity contribution in [2.24, 2.45) is 0 Å². The van der Waals surface area contributed by atoms with Crippen LogP contribution < -0.4 is 27.2 Å². The van der Waals surface area contributed by atoms with E-state index in [4.69, 9.17) is 5.73 Å². The lowest BCUT2D eigenvalue weighted by Crippen LogP contribution is -2.41. The molecule has 0 bridgehead atoms. The minimum absolute atomic E-state index is 0.0388. The van der Waals surface area contributed by atoms with Crippen molar-refractivity contribution in [3.05, 3.63) is 50.7 Å². The maximum absolute atomic E-state index is 13.3. The second kappa shape index (κ2) is 9.72. The van der Waals surface area contributed by atoms with E-state index in [-0.39, 0.29) is 24.0 Å². The van der Waals surface area contributed by atoms with Gasteiger partial charge in [-0.25, -0.2) is 4.79 Å². The zero-order chi connectivity index (χ0) is 21.6. The Bertz CT molecular complexity index is 1010. The molecule has 2 amide bonds. The van der Waals surface area contributed by atoms with E-state index in [1.54, 1.807) is 18.2 Å². The number of nitrogens with zero attached hydrogens (tertiary/aromatic N) is 2. The number of carbonyl (C=O) groups excluding carboxylic acids is 2. The predicted molar refractivity (Wildman–Crippen MR) is 113 cm³/mol. The van der Waals surface area contributed by atoms with Gasteiger partial charge in [0.15, 0.2) is 5.69 Å². The van der Waals surface area contributed by atoms with Crippen LogP contribution in [0.4, 0.5) is 17.2 Å². The van der Waals surface area contributed by atoms with E-state index >= 15 is 0 Å². The van der Waals surface area contributed by atoms with E-state index in [9.17, 15) is 19.2 Å². The number of aromatic nitrogens is 2. The number of nitrogens with two attached hydrogens (primary N) is 1. The van der Waals surface area contributed by atoms with Crippen molar-refractivity contribution in [2.75, 3.05) is 22.5 Å². The van der Waals surface area contributed by atoms with Gasteiger partial charge in [-0.3, -0.25) is 23.9 Å². The number of hydrogen-bond acceptors (Lipinski definition) is 5. The van der Waals surface area contributed by atoms with Crippen molar-refractivity contribution in [1.29, 1.82) is 0 Å². The second-order valence-corrected chi connectivity index (χ2v) is 6.72. The summed E-state index contributed by atoms with van der Waals surface area (Å²) in [6, 6.07) is 6.44. The number of rotatable bonds is 8. The molecule has 1 aromatic heterocycles. The smallest absolute Gasteiger partial charge is 0.330 e. The van der Waals surface area contributed by atoms with E-state index in [1.165, 1.54) is 22.5 Å². The quantitative estimate of drug-likeness (QED) is 0.622. The standard InChI is InChI=1S/C20H27N5O4/c1-4-6-11-24(16-17(21)25(10-5-2)20(29)23-18(16)27)19(28)14-8-7-9-15(12-14)22-13(3)26/h7-9,12H,4-6,10-11,21H2,1-3H3,(H,22,26)(H,23,27,29). The number of nitrogens with one attached hydrogen (secondary N) is 2. The van der Waals surface area contributed by atoms with Crippen LogP contribution in [0.25, 0.3) is 0 Å². The fourth-order valence-corrected chi connectivity index (χ4v) is 3.00. The monoisotopic (exact) mass is 401 g/mol. The molecule has 0 spiro atoms. The van der Waals surface area contributed by atoms with Gasteiger partial charge >= 0.3 is 5.69 Å². The number of unbranched alkanes of at least 4 members (excludes halogenated alkanes) is 1. The van der Waals surface area contributed by atoms with Gasteiger partial charge in [0.05, 0.1) is 0 Å². The Hall–Kier alpha value is -3.36. The number of H-pyrrole nitrogens is 1. The summed E-state index contributed by atoms with van der Waals surface area (Å²) in [5.74, 6) is -0.739. The summed E-state index contributed by atoms with van der Waals surface area (Å²) in [5, 5.41) is 2.63. The first kappa shape index (κ1) is 21.9. The summed E-state index contributed by atoms with van der Waals surface area (Å²) in [7, 11) is 0. The van der Waals surface area contributed by atoms with Crippen molar-refractivity contribution >= 4 is 29.0 Å². The van der Waals surface area contributed by atoms with Gasteiger partial charge in [-0.1, -0.05) is 26.3 Å². The van der Waals surface area contributed by atoms with Gasteiger partial charge in [-0.15, -0.1) is 0 Å². The van der Waals surface area contributed by atoms with Crippen LogP contribution in [0.2, 0.25) is 0 Å². The SMILES string of the molecule is CCCCN(C(=O)c1cccc(NC(C)=O)c1)c1c(N)n(CCC)c(=O)[nH]c1=O. The van der Waals surface area contributed by atoms with Crippen LogP contribution in [-0.2, 0) is 11.3 Å². The maximum atomic E-state index is 13.3. The Labute approximate surface area is 168 Å². The first-order chi connectivity index (χ1) is 13.8. The molecule has 0 aliphatic heterocycles. The van der Waals surface area contributed by atoms with Crippen molar-refractivity contribution < 1.29 is 9.59 Å². The van der Waals surface area contributed by atoms with Gasteiger partial charge in [-0.05, 0) is 31.0 Å². The van der Waals surface area contributed by atoms with Gasteiger partial charge in [0.25, 0.3) is 11.5 Å². The van der Waals surface area contributed by atoms with E-state index in [0.29, 0.717) is 30.6 Å². The van der Waals surface area contributed by atoms with E-state index < -0.39 is 17.2 Å². The molecule has 2 rings (SSSR count). The molecule has 0 fully saturated rings. The van der Waals surface area contributed by atoms with E-state index in [2.05, 4.69) is 10.3 Å². The number of benzene rings is 1. The zero-order valence-corrected chi connectivity index (χ0v) is 16.9. The summed E-state index contributed by atoms with van der Waals surface area (Å²) < 4.78 is 1.26. The highest BCUT2D eigenvalue weighted by atomic mass is 16.2.